The summed E-state index contributed by atoms with van der Waals surface area (Å²) in [5.41, 5.74) is 0.412. The maximum Gasteiger partial charge on any atom is 0.337 e. The Labute approximate surface area is 91.5 Å². The van der Waals surface area contributed by atoms with Crippen molar-refractivity contribution in [2.24, 2.45) is 0 Å². The van der Waals surface area contributed by atoms with Gasteiger partial charge in [0, 0.05) is 11.6 Å². The van der Waals surface area contributed by atoms with Gasteiger partial charge in [-0.05, 0) is 19.5 Å². The lowest BCUT2D eigenvalue weighted by atomic mass is 10.0. The Hall–Kier alpha value is -0.870. The Morgan fingerprint density at radius 2 is 1.93 bits per heavy atom. The summed E-state index contributed by atoms with van der Waals surface area (Å²) in [4.78, 5) is 13.5. The van der Waals surface area contributed by atoms with E-state index in [1.807, 2.05) is 20.8 Å². The van der Waals surface area contributed by atoms with Crippen molar-refractivity contribution >= 4 is 5.97 Å². The molecule has 0 bridgehead atoms. The fourth-order valence-electron chi connectivity index (χ4n) is 1.68. The van der Waals surface area contributed by atoms with E-state index >= 15 is 0 Å². The van der Waals surface area contributed by atoms with Crippen molar-refractivity contribution in [3.63, 3.8) is 0 Å². The summed E-state index contributed by atoms with van der Waals surface area (Å²) < 4.78 is 4.52. The minimum absolute atomic E-state index is 0.000880. The van der Waals surface area contributed by atoms with E-state index in [0.717, 1.165) is 19.5 Å². The van der Waals surface area contributed by atoms with E-state index in [4.69, 9.17) is 5.11 Å². The Morgan fingerprint density at radius 1 is 1.40 bits per heavy atom. The van der Waals surface area contributed by atoms with E-state index in [9.17, 15) is 4.79 Å². The lowest BCUT2D eigenvalue weighted by molar-refractivity contribution is -0.147. The number of hydrogen-bond donors (Lipinski definition) is 1. The molecule has 4 nitrogen and oxygen atoms in total. The Balaban J connectivity index is 4.51. The second-order valence-corrected chi connectivity index (χ2v) is 3.23. The van der Waals surface area contributed by atoms with Crippen LogP contribution in [0.25, 0.3) is 0 Å². The summed E-state index contributed by atoms with van der Waals surface area (Å²) >= 11 is 0. The molecule has 0 aromatic carbocycles. The molecule has 15 heavy (non-hydrogen) atoms. The number of carbonyl (C=O) groups is 1. The standard InChI is InChI=1S/C11H21NO3/c1-5-10(12(6-2)7-3)9(4)11(14)15-8-13/h10,13H,4-8H2,1-3H3. The topological polar surface area (TPSA) is 49.8 Å². The van der Waals surface area contributed by atoms with Gasteiger partial charge in [-0.2, -0.15) is 0 Å². The van der Waals surface area contributed by atoms with Gasteiger partial charge in [0.05, 0.1) is 0 Å². The van der Waals surface area contributed by atoms with Crippen LogP contribution in [0.4, 0.5) is 0 Å². The smallest absolute Gasteiger partial charge is 0.337 e. The van der Waals surface area contributed by atoms with Crippen LogP contribution >= 0.6 is 0 Å². The molecule has 1 atom stereocenters. The van der Waals surface area contributed by atoms with Crippen LogP contribution in [0.3, 0.4) is 0 Å². The highest BCUT2D eigenvalue weighted by Crippen LogP contribution is 2.14. The SMILES string of the molecule is C=C(C(=O)OCO)C(CC)N(CC)CC. The molecular formula is C11H21NO3. The Morgan fingerprint density at radius 3 is 2.27 bits per heavy atom. The van der Waals surface area contributed by atoms with E-state index in [0.29, 0.717) is 5.57 Å². The van der Waals surface area contributed by atoms with Gasteiger partial charge in [0.15, 0.2) is 6.79 Å². The summed E-state index contributed by atoms with van der Waals surface area (Å²) in [6.07, 6.45) is 0.807. The molecule has 0 radical (unpaired) electrons. The molecule has 0 aliphatic heterocycles. The molecule has 0 aliphatic rings. The number of likely N-dealkylation sites (N-methyl/N-ethyl adjacent to an activating group) is 1. The van der Waals surface area contributed by atoms with Crippen molar-refractivity contribution in [2.45, 2.75) is 33.2 Å². The van der Waals surface area contributed by atoms with Gasteiger partial charge in [0.25, 0.3) is 0 Å². The summed E-state index contributed by atoms with van der Waals surface area (Å²) in [6.45, 7) is 10.9. The highest BCUT2D eigenvalue weighted by molar-refractivity contribution is 5.89. The normalized spacial score (nSPS) is 12.6. The van der Waals surface area contributed by atoms with E-state index < -0.39 is 12.8 Å². The molecule has 0 saturated heterocycles. The Bertz CT molecular complexity index is 212. The van der Waals surface area contributed by atoms with Crippen LogP contribution < -0.4 is 0 Å². The van der Waals surface area contributed by atoms with Gasteiger partial charge in [0.1, 0.15) is 0 Å². The van der Waals surface area contributed by atoms with Crippen LogP contribution in [-0.2, 0) is 9.53 Å². The van der Waals surface area contributed by atoms with E-state index in [2.05, 4.69) is 16.2 Å². The lowest BCUT2D eigenvalue weighted by Crippen LogP contribution is -2.38. The van der Waals surface area contributed by atoms with E-state index in [1.165, 1.54) is 0 Å². The fraction of sp³-hybridized carbons (Fsp3) is 0.727. The van der Waals surface area contributed by atoms with E-state index in [-0.39, 0.29) is 6.04 Å². The molecule has 0 amide bonds. The molecule has 4 heteroatoms. The van der Waals surface area contributed by atoms with Crippen LogP contribution in [-0.4, -0.2) is 41.9 Å². The van der Waals surface area contributed by atoms with Gasteiger partial charge < -0.3 is 9.84 Å². The van der Waals surface area contributed by atoms with Gasteiger partial charge >= 0.3 is 5.97 Å². The third-order valence-electron chi connectivity index (χ3n) is 2.50. The zero-order chi connectivity index (χ0) is 11.8. The van der Waals surface area contributed by atoms with Crippen molar-refractivity contribution in [2.75, 3.05) is 19.9 Å². The highest BCUT2D eigenvalue weighted by atomic mass is 16.6. The summed E-state index contributed by atoms with van der Waals surface area (Å²) in [7, 11) is 0. The largest absolute Gasteiger partial charge is 0.435 e. The molecule has 0 saturated carbocycles. The predicted octanol–water partition coefficient (Wildman–Crippen LogP) is 1.16. The molecule has 0 spiro atoms. The first-order valence-corrected chi connectivity index (χ1v) is 5.33. The van der Waals surface area contributed by atoms with Crippen LogP contribution in [0.15, 0.2) is 12.2 Å². The minimum atomic E-state index is -0.591. The molecule has 1 N–H and O–H groups in total. The third-order valence-corrected chi connectivity index (χ3v) is 2.50. The number of carbonyl (C=O) groups excluding carboxylic acids is 1. The average molecular weight is 215 g/mol. The number of esters is 1. The number of rotatable bonds is 7. The van der Waals surface area contributed by atoms with Gasteiger partial charge in [-0.1, -0.05) is 27.4 Å². The van der Waals surface area contributed by atoms with Crippen LogP contribution in [0, 0.1) is 0 Å². The first kappa shape index (κ1) is 14.1. The molecule has 0 aliphatic carbocycles. The zero-order valence-corrected chi connectivity index (χ0v) is 9.82. The van der Waals surface area contributed by atoms with Crippen molar-refractivity contribution in [1.82, 2.24) is 4.90 Å². The van der Waals surface area contributed by atoms with E-state index in [1.54, 1.807) is 0 Å². The molecule has 0 heterocycles. The number of hydrogen-bond acceptors (Lipinski definition) is 4. The molecule has 0 aromatic rings. The second-order valence-electron chi connectivity index (χ2n) is 3.23. The molecule has 1 unspecified atom stereocenters. The van der Waals surface area contributed by atoms with Crippen molar-refractivity contribution in [3.8, 4) is 0 Å². The number of aliphatic hydroxyl groups excluding tert-OH is 1. The van der Waals surface area contributed by atoms with Crippen molar-refractivity contribution in [1.29, 1.82) is 0 Å². The molecule has 0 fully saturated rings. The molecule has 88 valence electrons. The Kier molecular flexibility index (Phi) is 6.99. The van der Waals surface area contributed by atoms with Crippen LogP contribution in [0.2, 0.25) is 0 Å². The first-order chi connectivity index (χ1) is 7.12. The minimum Gasteiger partial charge on any atom is -0.435 e. The first-order valence-electron chi connectivity index (χ1n) is 5.33. The second kappa shape index (κ2) is 7.43. The van der Waals surface area contributed by atoms with Crippen LogP contribution in [0.1, 0.15) is 27.2 Å². The number of aliphatic hydroxyl groups is 1. The number of ether oxygens (including phenoxy) is 1. The molecule has 0 rings (SSSR count). The quantitative estimate of drug-likeness (QED) is 0.393. The van der Waals surface area contributed by atoms with Gasteiger partial charge in [-0.25, -0.2) is 4.79 Å². The predicted molar refractivity (Wildman–Crippen MR) is 59.3 cm³/mol. The van der Waals surface area contributed by atoms with Gasteiger partial charge in [0.2, 0.25) is 0 Å². The molecule has 0 aromatic heterocycles. The van der Waals surface area contributed by atoms with Crippen molar-refractivity contribution < 1.29 is 14.6 Å². The fourth-order valence-corrected chi connectivity index (χ4v) is 1.68. The monoisotopic (exact) mass is 215 g/mol. The zero-order valence-electron chi connectivity index (χ0n) is 9.82. The van der Waals surface area contributed by atoms with Crippen LogP contribution in [0.5, 0.6) is 0 Å². The highest BCUT2D eigenvalue weighted by Gasteiger charge is 2.22. The van der Waals surface area contributed by atoms with Gasteiger partial charge in [-0.3, -0.25) is 4.90 Å². The maximum atomic E-state index is 11.4. The lowest BCUT2D eigenvalue weighted by Gasteiger charge is -2.29. The molecular weight excluding hydrogens is 194 g/mol. The van der Waals surface area contributed by atoms with Crippen molar-refractivity contribution in [3.05, 3.63) is 12.2 Å². The summed E-state index contributed by atoms with van der Waals surface area (Å²) in [6, 6.07) is -0.000880. The summed E-state index contributed by atoms with van der Waals surface area (Å²) in [5.74, 6) is -0.517. The number of nitrogens with zero attached hydrogens (tertiary/aromatic N) is 1. The average Bonchev–Trinajstić information content (AvgIpc) is 2.25. The van der Waals surface area contributed by atoms with Gasteiger partial charge in [-0.15, -0.1) is 0 Å². The summed E-state index contributed by atoms with van der Waals surface area (Å²) in [5, 5.41) is 8.50. The maximum absolute atomic E-state index is 11.4. The third kappa shape index (κ3) is 4.01.